The Morgan fingerprint density at radius 3 is 2.77 bits per heavy atom. The number of halogens is 1. The second-order valence-corrected chi connectivity index (χ2v) is 4.76. The van der Waals surface area contributed by atoms with E-state index in [1.165, 1.54) is 22.7 Å². The fourth-order valence-electron chi connectivity index (χ4n) is 0.919. The summed E-state index contributed by atoms with van der Waals surface area (Å²) in [6, 6.07) is 1.84. The Morgan fingerprint density at radius 2 is 2.23 bits per heavy atom. The van der Waals surface area contributed by atoms with Crippen LogP contribution in [0.1, 0.15) is 9.80 Å². The predicted molar refractivity (Wildman–Crippen MR) is 55.8 cm³/mol. The SMILES string of the molecule is O=Cc1nc(-c2csc(Cl)c2)cs1. The van der Waals surface area contributed by atoms with Crippen LogP contribution in [0, 0.1) is 0 Å². The van der Waals surface area contributed by atoms with Gasteiger partial charge in [-0.3, -0.25) is 4.79 Å². The zero-order valence-corrected chi connectivity index (χ0v) is 8.75. The molecule has 0 amide bonds. The molecule has 2 aromatic rings. The summed E-state index contributed by atoms with van der Waals surface area (Å²) >= 11 is 8.57. The first-order chi connectivity index (χ1) is 6.29. The molecule has 2 nitrogen and oxygen atoms in total. The summed E-state index contributed by atoms with van der Waals surface area (Å²) in [6.45, 7) is 0. The van der Waals surface area contributed by atoms with E-state index in [0.717, 1.165) is 21.9 Å². The summed E-state index contributed by atoms with van der Waals surface area (Å²) in [5.41, 5.74) is 1.79. The van der Waals surface area contributed by atoms with Crippen molar-refractivity contribution < 1.29 is 4.79 Å². The van der Waals surface area contributed by atoms with Gasteiger partial charge >= 0.3 is 0 Å². The molecule has 2 aromatic heterocycles. The normalized spacial score (nSPS) is 10.2. The number of thiazole rings is 1. The third kappa shape index (κ3) is 1.80. The zero-order chi connectivity index (χ0) is 9.26. The van der Waals surface area contributed by atoms with Crippen LogP contribution in [0.25, 0.3) is 11.3 Å². The lowest BCUT2D eigenvalue weighted by atomic mass is 10.3. The molecule has 0 aliphatic heterocycles. The maximum absolute atomic E-state index is 10.4. The average Bonchev–Trinajstić information content (AvgIpc) is 2.71. The van der Waals surface area contributed by atoms with E-state index >= 15 is 0 Å². The van der Waals surface area contributed by atoms with Gasteiger partial charge in [0.05, 0.1) is 10.0 Å². The van der Waals surface area contributed by atoms with Crippen molar-refractivity contribution in [2.45, 2.75) is 0 Å². The van der Waals surface area contributed by atoms with E-state index in [1.54, 1.807) is 0 Å². The number of aromatic nitrogens is 1. The van der Waals surface area contributed by atoms with E-state index in [9.17, 15) is 4.79 Å². The van der Waals surface area contributed by atoms with Crippen LogP contribution in [0.5, 0.6) is 0 Å². The molecular weight excluding hydrogens is 226 g/mol. The summed E-state index contributed by atoms with van der Waals surface area (Å²) in [5.74, 6) is 0. The monoisotopic (exact) mass is 229 g/mol. The molecule has 0 N–H and O–H groups in total. The molecule has 0 fully saturated rings. The zero-order valence-electron chi connectivity index (χ0n) is 6.36. The van der Waals surface area contributed by atoms with Gasteiger partial charge in [-0.2, -0.15) is 0 Å². The maximum atomic E-state index is 10.4. The van der Waals surface area contributed by atoms with Gasteiger partial charge in [0, 0.05) is 16.3 Å². The van der Waals surface area contributed by atoms with Crippen LogP contribution in [-0.4, -0.2) is 11.3 Å². The van der Waals surface area contributed by atoms with Crippen molar-refractivity contribution in [1.82, 2.24) is 4.98 Å². The second-order valence-electron chi connectivity index (χ2n) is 2.33. The molecule has 0 aromatic carbocycles. The van der Waals surface area contributed by atoms with E-state index < -0.39 is 0 Å². The first kappa shape index (κ1) is 8.87. The van der Waals surface area contributed by atoms with Gasteiger partial charge in [-0.25, -0.2) is 4.98 Å². The number of carbonyl (C=O) groups excluding carboxylic acids is 1. The first-order valence-electron chi connectivity index (χ1n) is 3.44. The average molecular weight is 230 g/mol. The number of nitrogens with zero attached hydrogens (tertiary/aromatic N) is 1. The lowest BCUT2D eigenvalue weighted by Gasteiger charge is -1.85. The summed E-state index contributed by atoms with van der Waals surface area (Å²) in [4.78, 5) is 14.5. The molecule has 66 valence electrons. The molecule has 0 radical (unpaired) electrons. The maximum Gasteiger partial charge on any atom is 0.178 e. The summed E-state index contributed by atoms with van der Waals surface area (Å²) in [6.07, 6.45) is 0.752. The number of thiophene rings is 1. The van der Waals surface area contributed by atoms with Gasteiger partial charge in [-0.05, 0) is 6.07 Å². The smallest absolute Gasteiger partial charge is 0.178 e. The van der Waals surface area contributed by atoms with Crippen LogP contribution >= 0.6 is 34.3 Å². The summed E-state index contributed by atoms with van der Waals surface area (Å²) in [5, 5.41) is 4.27. The van der Waals surface area contributed by atoms with Crippen LogP contribution in [0.2, 0.25) is 4.34 Å². The molecule has 0 spiro atoms. The van der Waals surface area contributed by atoms with Gasteiger partial charge in [0.2, 0.25) is 0 Å². The summed E-state index contributed by atoms with van der Waals surface area (Å²) < 4.78 is 0.732. The van der Waals surface area contributed by atoms with E-state index in [1.807, 2.05) is 16.8 Å². The van der Waals surface area contributed by atoms with Crippen molar-refractivity contribution in [2.75, 3.05) is 0 Å². The topological polar surface area (TPSA) is 30.0 Å². The van der Waals surface area contributed by atoms with Gasteiger partial charge < -0.3 is 0 Å². The molecule has 5 heteroatoms. The van der Waals surface area contributed by atoms with Gasteiger partial charge in [0.25, 0.3) is 0 Å². The number of hydrogen-bond donors (Lipinski definition) is 0. The van der Waals surface area contributed by atoms with Crippen LogP contribution in [-0.2, 0) is 0 Å². The van der Waals surface area contributed by atoms with E-state index in [2.05, 4.69) is 4.98 Å². The van der Waals surface area contributed by atoms with E-state index in [-0.39, 0.29) is 0 Å². The third-order valence-electron chi connectivity index (χ3n) is 1.49. The number of carbonyl (C=O) groups is 1. The highest BCUT2D eigenvalue weighted by Gasteiger charge is 2.05. The molecule has 2 heterocycles. The van der Waals surface area contributed by atoms with Crippen LogP contribution < -0.4 is 0 Å². The lowest BCUT2D eigenvalue weighted by Crippen LogP contribution is -1.76. The Balaban J connectivity index is 2.40. The Hall–Kier alpha value is -0.710. The highest BCUT2D eigenvalue weighted by Crippen LogP contribution is 2.28. The number of hydrogen-bond acceptors (Lipinski definition) is 4. The van der Waals surface area contributed by atoms with Crippen LogP contribution in [0.3, 0.4) is 0 Å². The molecule has 0 aliphatic carbocycles. The van der Waals surface area contributed by atoms with Gasteiger partial charge in [-0.1, -0.05) is 11.6 Å². The summed E-state index contributed by atoms with van der Waals surface area (Å²) in [7, 11) is 0. The fourth-order valence-corrected chi connectivity index (χ4v) is 2.42. The Bertz CT molecular complexity index is 435. The van der Waals surface area contributed by atoms with Crippen molar-refractivity contribution in [3.8, 4) is 11.3 Å². The molecule has 0 bridgehead atoms. The Labute approximate surface area is 87.8 Å². The van der Waals surface area contributed by atoms with E-state index in [0.29, 0.717) is 5.01 Å². The first-order valence-corrected chi connectivity index (χ1v) is 5.58. The highest BCUT2D eigenvalue weighted by molar-refractivity contribution is 7.15. The predicted octanol–water partition coefficient (Wildman–Crippen LogP) is 3.34. The van der Waals surface area contributed by atoms with Crippen molar-refractivity contribution >= 4 is 40.6 Å². The molecule has 0 atom stereocenters. The molecule has 0 saturated heterocycles. The minimum atomic E-state index is 0.498. The Kier molecular flexibility index (Phi) is 2.44. The fraction of sp³-hybridized carbons (Fsp3) is 0. The van der Waals surface area contributed by atoms with Crippen molar-refractivity contribution in [2.24, 2.45) is 0 Å². The largest absolute Gasteiger partial charge is 0.295 e. The standard InChI is InChI=1S/C8H4ClNOS2/c9-7-1-5(3-12-7)6-4-13-8(2-11)10-6/h1-4H. The highest BCUT2D eigenvalue weighted by atomic mass is 35.5. The molecule has 2 rings (SSSR count). The number of rotatable bonds is 2. The third-order valence-corrected chi connectivity index (χ3v) is 3.35. The molecule has 13 heavy (non-hydrogen) atoms. The Morgan fingerprint density at radius 1 is 1.38 bits per heavy atom. The minimum Gasteiger partial charge on any atom is -0.295 e. The van der Waals surface area contributed by atoms with Crippen LogP contribution in [0.15, 0.2) is 16.8 Å². The van der Waals surface area contributed by atoms with Gasteiger partial charge in [0.15, 0.2) is 11.3 Å². The van der Waals surface area contributed by atoms with Crippen LogP contribution in [0.4, 0.5) is 0 Å². The van der Waals surface area contributed by atoms with Crippen molar-refractivity contribution in [1.29, 1.82) is 0 Å². The van der Waals surface area contributed by atoms with Gasteiger partial charge in [-0.15, -0.1) is 22.7 Å². The number of aldehydes is 1. The minimum absolute atomic E-state index is 0.498. The second kappa shape index (κ2) is 3.57. The van der Waals surface area contributed by atoms with Crippen molar-refractivity contribution in [3.63, 3.8) is 0 Å². The quantitative estimate of drug-likeness (QED) is 0.740. The van der Waals surface area contributed by atoms with Crippen molar-refractivity contribution in [3.05, 3.63) is 26.2 Å². The molecular formula is C8H4ClNOS2. The lowest BCUT2D eigenvalue weighted by molar-refractivity contribution is 0.112. The molecule has 0 unspecified atom stereocenters. The van der Waals surface area contributed by atoms with Gasteiger partial charge in [0.1, 0.15) is 0 Å². The molecule has 0 aliphatic rings. The van der Waals surface area contributed by atoms with E-state index in [4.69, 9.17) is 11.6 Å². The molecule has 0 saturated carbocycles.